The van der Waals surface area contributed by atoms with Crippen LogP contribution in [0.2, 0.25) is 0 Å². The van der Waals surface area contributed by atoms with Crippen LogP contribution in [-0.4, -0.2) is 45.5 Å². The lowest BCUT2D eigenvalue weighted by atomic mass is 9.97. The van der Waals surface area contributed by atoms with Crippen molar-refractivity contribution in [2.24, 2.45) is 5.92 Å². The Morgan fingerprint density at radius 1 is 1.62 bits per heavy atom. The summed E-state index contributed by atoms with van der Waals surface area (Å²) in [4.78, 5) is 0. The largest absolute Gasteiger partial charge is 0.393 e. The molecule has 0 radical (unpaired) electrons. The zero-order valence-electron chi connectivity index (χ0n) is 7.66. The summed E-state index contributed by atoms with van der Waals surface area (Å²) in [6.07, 6.45) is 1.42. The average Bonchev–Trinajstić information content (AvgIpc) is 2.01. The molecular formula is C7H16N2O3S. The molecule has 0 aromatic rings. The second-order valence-electron chi connectivity index (χ2n) is 3.44. The summed E-state index contributed by atoms with van der Waals surface area (Å²) >= 11 is 0. The van der Waals surface area contributed by atoms with Crippen molar-refractivity contribution in [1.29, 1.82) is 0 Å². The smallest absolute Gasteiger partial charge is 0.208 e. The van der Waals surface area contributed by atoms with E-state index < -0.39 is 16.1 Å². The molecule has 13 heavy (non-hydrogen) atoms. The Labute approximate surface area is 78.6 Å². The third-order valence-corrected chi connectivity index (χ3v) is 2.87. The number of nitrogens with one attached hydrogen (secondary N) is 2. The van der Waals surface area contributed by atoms with Gasteiger partial charge < -0.3 is 10.4 Å². The molecule has 0 bridgehead atoms. The van der Waals surface area contributed by atoms with Crippen LogP contribution in [-0.2, 0) is 10.0 Å². The number of hydrogen-bond donors (Lipinski definition) is 3. The van der Waals surface area contributed by atoms with Crippen LogP contribution in [0.15, 0.2) is 0 Å². The maximum Gasteiger partial charge on any atom is 0.208 e. The van der Waals surface area contributed by atoms with Crippen LogP contribution in [0.5, 0.6) is 0 Å². The van der Waals surface area contributed by atoms with Gasteiger partial charge in [-0.2, -0.15) is 0 Å². The van der Waals surface area contributed by atoms with E-state index in [2.05, 4.69) is 10.0 Å². The second-order valence-corrected chi connectivity index (χ2v) is 5.27. The summed E-state index contributed by atoms with van der Waals surface area (Å²) in [5.41, 5.74) is 0. The fourth-order valence-electron chi connectivity index (χ4n) is 1.38. The van der Waals surface area contributed by atoms with Gasteiger partial charge in [-0.05, 0) is 13.0 Å². The molecule has 0 spiro atoms. The summed E-state index contributed by atoms with van der Waals surface area (Å²) in [6.45, 7) is 1.78. The van der Waals surface area contributed by atoms with Gasteiger partial charge in [0.05, 0.1) is 12.4 Å². The molecule has 1 aliphatic rings. The molecule has 1 aliphatic heterocycles. The van der Waals surface area contributed by atoms with Crippen LogP contribution in [0.4, 0.5) is 0 Å². The van der Waals surface area contributed by atoms with Gasteiger partial charge in [0.2, 0.25) is 10.0 Å². The molecule has 1 rings (SSSR count). The van der Waals surface area contributed by atoms with Gasteiger partial charge in [0.25, 0.3) is 0 Å². The predicted molar refractivity (Wildman–Crippen MR) is 49.8 cm³/mol. The molecule has 0 saturated carbocycles. The van der Waals surface area contributed by atoms with E-state index in [0.717, 1.165) is 12.8 Å². The normalized spacial score (nSPS) is 30.3. The highest BCUT2D eigenvalue weighted by atomic mass is 32.2. The summed E-state index contributed by atoms with van der Waals surface area (Å²) < 4.78 is 23.9. The van der Waals surface area contributed by atoms with Gasteiger partial charge in [-0.3, -0.25) is 0 Å². The van der Waals surface area contributed by atoms with Crippen molar-refractivity contribution in [3.8, 4) is 0 Å². The molecule has 0 amide bonds. The highest BCUT2D eigenvalue weighted by molar-refractivity contribution is 7.88. The molecule has 0 aliphatic carbocycles. The Morgan fingerprint density at radius 2 is 2.31 bits per heavy atom. The Balaban J connectivity index is 2.35. The summed E-state index contributed by atoms with van der Waals surface area (Å²) in [5, 5.41) is 12.6. The lowest BCUT2D eigenvalue weighted by molar-refractivity contribution is 0.0815. The minimum Gasteiger partial charge on any atom is -0.393 e. The van der Waals surface area contributed by atoms with Crippen molar-refractivity contribution in [1.82, 2.24) is 10.0 Å². The molecule has 0 aromatic carbocycles. The van der Waals surface area contributed by atoms with Crippen LogP contribution in [0.1, 0.15) is 6.42 Å². The topological polar surface area (TPSA) is 78.4 Å². The maximum atomic E-state index is 10.8. The van der Waals surface area contributed by atoms with Crippen molar-refractivity contribution in [3.63, 3.8) is 0 Å². The maximum absolute atomic E-state index is 10.8. The molecule has 2 unspecified atom stereocenters. The van der Waals surface area contributed by atoms with E-state index in [1.54, 1.807) is 0 Å². The first-order valence-electron chi connectivity index (χ1n) is 4.32. The summed E-state index contributed by atoms with van der Waals surface area (Å²) in [6, 6.07) is 0. The highest BCUT2D eigenvalue weighted by Gasteiger charge is 2.23. The first kappa shape index (κ1) is 10.9. The summed E-state index contributed by atoms with van der Waals surface area (Å²) in [7, 11) is -3.14. The van der Waals surface area contributed by atoms with Crippen LogP contribution < -0.4 is 10.0 Å². The van der Waals surface area contributed by atoms with E-state index in [9.17, 15) is 13.5 Å². The van der Waals surface area contributed by atoms with Gasteiger partial charge in [-0.25, -0.2) is 13.1 Å². The number of sulfonamides is 1. The zero-order chi connectivity index (χ0) is 9.90. The third kappa shape index (κ3) is 4.04. The van der Waals surface area contributed by atoms with Gasteiger partial charge in [0, 0.05) is 19.0 Å². The van der Waals surface area contributed by atoms with E-state index >= 15 is 0 Å². The van der Waals surface area contributed by atoms with Gasteiger partial charge >= 0.3 is 0 Å². The average molecular weight is 208 g/mol. The number of piperidine rings is 1. The lowest BCUT2D eigenvalue weighted by Crippen LogP contribution is -2.45. The Morgan fingerprint density at radius 3 is 2.85 bits per heavy atom. The highest BCUT2D eigenvalue weighted by Crippen LogP contribution is 2.09. The van der Waals surface area contributed by atoms with Crippen molar-refractivity contribution >= 4 is 10.0 Å². The van der Waals surface area contributed by atoms with Crippen molar-refractivity contribution < 1.29 is 13.5 Å². The number of rotatable bonds is 3. The van der Waals surface area contributed by atoms with Crippen LogP contribution in [0.3, 0.4) is 0 Å². The van der Waals surface area contributed by atoms with E-state index in [0.29, 0.717) is 19.5 Å². The minimum atomic E-state index is -3.14. The van der Waals surface area contributed by atoms with E-state index in [4.69, 9.17) is 0 Å². The van der Waals surface area contributed by atoms with E-state index in [-0.39, 0.29) is 5.92 Å². The standard InChI is InChI=1S/C7H16N2O3S/c1-13(11,12)9-5-6-4-8-3-2-7(6)10/h6-10H,2-5H2,1H3. The number of aliphatic hydroxyl groups excluding tert-OH is 1. The number of hydrogen-bond acceptors (Lipinski definition) is 4. The van der Waals surface area contributed by atoms with Gasteiger partial charge in [-0.15, -0.1) is 0 Å². The molecule has 6 heteroatoms. The molecule has 1 fully saturated rings. The zero-order valence-corrected chi connectivity index (χ0v) is 8.47. The first-order valence-corrected chi connectivity index (χ1v) is 6.21. The quantitative estimate of drug-likeness (QED) is 0.528. The fourth-order valence-corrected chi connectivity index (χ4v) is 1.89. The van der Waals surface area contributed by atoms with Crippen molar-refractivity contribution in [2.45, 2.75) is 12.5 Å². The third-order valence-electron chi connectivity index (χ3n) is 2.18. The molecule has 2 atom stereocenters. The minimum absolute atomic E-state index is 0.0107. The first-order chi connectivity index (χ1) is 5.99. The van der Waals surface area contributed by atoms with E-state index in [1.807, 2.05) is 0 Å². The Kier molecular flexibility index (Phi) is 3.66. The molecule has 1 saturated heterocycles. The van der Waals surface area contributed by atoms with Crippen molar-refractivity contribution in [3.05, 3.63) is 0 Å². The Hall–Kier alpha value is -0.170. The summed E-state index contributed by atoms with van der Waals surface area (Å²) in [5.74, 6) is -0.0107. The molecule has 5 nitrogen and oxygen atoms in total. The fraction of sp³-hybridized carbons (Fsp3) is 1.00. The SMILES string of the molecule is CS(=O)(=O)NCC1CNCCC1O. The van der Waals surface area contributed by atoms with Gasteiger partial charge in [0.1, 0.15) is 0 Å². The lowest BCUT2D eigenvalue weighted by Gasteiger charge is -2.28. The number of aliphatic hydroxyl groups is 1. The van der Waals surface area contributed by atoms with Crippen LogP contribution >= 0.6 is 0 Å². The molecule has 0 aromatic heterocycles. The van der Waals surface area contributed by atoms with E-state index in [1.165, 1.54) is 0 Å². The molecule has 78 valence electrons. The predicted octanol–water partition coefficient (Wildman–Crippen LogP) is -1.49. The van der Waals surface area contributed by atoms with Crippen LogP contribution in [0.25, 0.3) is 0 Å². The molecule has 3 N–H and O–H groups in total. The van der Waals surface area contributed by atoms with Crippen molar-refractivity contribution in [2.75, 3.05) is 25.9 Å². The van der Waals surface area contributed by atoms with Crippen LogP contribution in [0, 0.1) is 5.92 Å². The van der Waals surface area contributed by atoms with Gasteiger partial charge in [-0.1, -0.05) is 0 Å². The monoisotopic (exact) mass is 208 g/mol. The van der Waals surface area contributed by atoms with Gasteiger partial charge in [0.15, 0.2) is 0 Å². The molecular weight excluding hydrogens is 192 g/mol. The molecule has 1 heterocycles. The Bertz CT molecular complexity index is 252. The second kappa shape index (κ2) is 4.36.